The van der Waals surface area contributed by atoms with Gasteiger partial charge in [-0.15, -0.1) is 0 Å². The third-order valence-corrected chi connectivity index (χ3v) is 5.43. The lowest BCUT2D eigenvalue weighted by Gasteiger charge is -2.09. The number of carbonyl (C=O) groups is 1. The van der Waals surface area contributed by atoms with Crippen molar-refractivity contribution < 1.29 is 9.53 Å². The lowest BCUT2D eigenvalue weighted by molar-refractivity contribution is 0.102. The van der Waals surface area contributed by atoms with Crippen LogP contribution in [0, 0.1) is 10.5 Å². The molecule has 27 heavy (non-hydrogen) atoms. The first-order valence-corrected chi connectivity index (χ1v) is 10.0. The molecule has 0 saturated carbocycles. The number of carbonyl (C=O) groups excluding carboxylic acids is 1. The first-order valence-electron chi connectivity index (χ1n) is 8.96. The molecule has 0 bridgehead atoms. The monoisotopic (exact) mass is 471 g/mol. The summed E-state index contributed by atoms with van der Waals surface area (Å²) in [5.41, 5.74) is 3.91. The van der Waals surface area contributed by atoms with E-state index in [1.54, 1.807) is 0 Å². The summed E-state index contributed by atoms with van der Waals surface area (Å²) in [6.07, 6.45) is 1.97. The summed E-state index contributed by atoms with van der Waals surface area (Å²) in [5.74, 6) is 0.704. The highest BCUT2D eigenvalue weighted by Crippen LogP contribution is 2.18. The Morgan fingerprint density at radius 1 is 1.00 bits per heavy atom. The Morgan fingerprint density at radius 2 is 1.74 bits per heavy atom. The zero-order chi connectivity index (χ0) is 19.1. The highest BCUT2D eigenvalue weighted by Gasteiger charge is 2.08. The van der Waals surface area contributed by atoms with Crippen LogP contribution in [-0.4, -0.2) is 12.5 Å². The Hall–Kier alpha value is -2.34. The van der Waals surface area contributed by atoms with Gasteiger partial charge in [-0.05, 0) is 89.9 Å². The number of hydrogen-bond donors (Lipinski definition) is 1. The summed E-state index contributed by atoms with van der Waals surface area (Å²) in [5, 5.41) is 2.92. The molecule has 0 heterocycles. The third-order valence-electron chi connectivity index (χ3n) is 4.27. The van der Waals surface area contributed by atoms with Crippen molar-refractivity contribution >= 4 is 34.2 Å². The van der Waals surface area contributed by atoms with Crippen molar-refractivity contribution in [1.29, 1.82) is 0 Å². The second-order valence-corrected chi connectivity index (χ2v) is 7.54. The molecule has 138 valence electrons. The number of halogens is 1. The minimum Gasteiger partial charge on any atom is -0.494 e. The smallest absolute Gasteiger partial charge is 0.255 e. The molecule has 3 rings (SSSR count). The van der Waals surface area contributed by atoms with Gasteiger partial charge in [0, 0.05) is 14.8 Å². The minimum absolute atomic E-state index is 0.107. The molecule has 3 aromatic carbocycles. The van der Waals surface area contributed by atoms with E-state index in [0.29, 0.717) is 12.2 Å². The number of hydrogen-bond acceptors (Lipinski definition) is 2. The van der Waals surface area contributed by atoms with Crippen LogP contribution >= 0.6 is 22.6 Å². The van der Waals surface area contributed by atoms with Crippen molar-refractivity contribution in [3.63, 3.8) is 0 Å². The molecule has 3 aromatic rings. The van der Waals surface area contributed by atoms with Crippen LogP contribution in [0.1, 0.15) is 27.9 Å². The fraction of sp³-hybridized carbons (Fsp3) is 0.174. The summed E-state index contributed by atoms with van der Waals surface area (Å²) < 4.78 is 6.87. The Labute approximate surface area is 173 Å². The number of anilines is 1. The van der Waals surface area contributed by atoms with E-state index < -0.39 is 0 Å². The predicted octanol–water partition coefficient (Wildman–Crippen LogP) is 5.86. The molecular weight excluding hydrogens is 449 g/mol. The van der Waals surface area contributed by atoms with Gasteiger partial charge in [0.25, 0.3) is 5.91 Å². The fourth-order valence-electron chi connectivity index (χ4n) is 2.68. The average Bonchev–Trinajstić information content (AvgIpc) is 2.69. The van der Waals surface area contributed by atoms with E-state index in [-0.39, 0.29) is 5.91 Å². The van der Waals surface area contributed by atoms with Crippen LogP contribution in [0.2, 0.25) is 0 Å². The number of nitrogens with one attached hydrogen (secondary N) is 1. The summed E-state index contributed by atoms with van der Waals surface area (Å²) in [6, 6.07) is 23.6. The van der Waals surface area contributed by atoms with E-state index in [1.165, 1.54) is 11.1 Å². The van der Waals surface area contributed by atoms with Gasteiger partial charge in [-0.25, -0.2) is 0 Å². The number of benzene rings is 3. The molecule has 0 radical (unpaired) electrons. The summed E-state index contributed by atoms with van der Waals surface area (Å²) in [7, 11) is 0. The molecule has 0 atom stereocenters. The van der Waals surface area contributed by atoms with E-state index >= 15 is 0 Å². The van der Waals surface area contributed by atoms with Crippen LogP contribution < -0.4 is 10.1 Å². The zero-order valence-corrected chi connectivity index (χ0v) is 17.4. The van der Waals surface area contributed by atoms with Gasteiger partial charge in [-0.2, -0.15) is 0 Å². The van der Waals surface area contributed by atoms with Crippen molar-refractivity contribution in [2.75, 3.05) is 11.9 Å². The van der Waals surface area contributed by atoms with E-state index in [4.69, 9.17) is 4.74 Å². The first kappa shape index (κ1) is 19.4. The third kappa shape index (κ3) is 5.82. The second-order valence-electron chi connectivity index (χ2n) is 6.38. The van der Waals surface area contributed by atoms with E-state index in [1.807, 2.05) is 55.5 Å². The number of aryl methyl sites for hydroxylation is 2. The molecule has 0 spiro atoms. The molecule has 4 heteroatoms. The molecule has 0 aliphatic rings. The second kappa shape index (κ2) is 9.55. The maximum Gasteiger partial charge on any atom is 0.255 e. The minimum atomic E-state index is -0.107. The highest BCUT2D eigenvalue weighted by molar-refractivity contribution is 14.1. The molecule has 0 fully saturated rings. The largest absolute Gasteiger partial charge is 0.494 e. The van der Waals surface area contributed by atoms with Gasteiger partial charge >= 0.3 is 0 Å². The van der Waals surface area contributed by atoms with Crippen LogP contribution in [-0.2, 0) is 6.42 Å². The molecule has 0 aliphatic heterocycles. The van der Waals surface area contributed by atoms with Crippen molar-refractivity contribution in [3.8, 4) is 5.75 Å². The Kier molecular flexibility index (Phi) is 6.87. The maximum absolute atomic E-state index is 12.4. The molecule has 0 aliphatic carbocycles. The lowest BCUT2D eigenvalue weighted by atomic mass is 10.1. The first-order chi connectivity index (χ1) is 13.1. The predicted molar refractivity (Wildman–Crippen MR) is 119 cm³/mol. The summed E-state index contributed by atoms with van der Waals surface area (Å²) in [4.78, 5) is 12.4. The molecule has 1 N–H and O–H groups in total. The molecular formula is C23H22INO2. The van der Waals surface area contributed by atoms with Crippen LogP contribution in [0.5, 0.6) is 5.75 Å². The molecule has 1 amide bonds. The van der Waals surface area contributed by atoms with Gasteiger partial charge in [0.2, 0.25) is 0 Å². The van der Waals surface area contributed by atoms with Gasteiger partial charge in [0.1, 0.15) is 5.75 Å². The van der Waals surface area contributed by atoms with Crippen molar-refractivity contribution in [1.82, 2.24) is 0 Å². The van der Waals surface area contributed by atoms with Crippen molar-refractivity contribution in [2.45, 2.75) is 19.8 Å². The van der Waals surface area contributed by atoms with Crippen molar-refractivity contribution in [2.24, 2.45) is 0 Å². The van der Waals surface area contributed by atoms with Crippen molar-refractivity contribution in [3.05, 3.63) is 93.1 Å². The fourth-order valence-corrected chi connectivity index (χ4v) is 3.20. The highest BCUT2D eigenvalue weighted by atomic mass is 127. The van der Waals surface area contributed by atoms with E-state index in [0.717, 1.165) is 27.8 Å². The average molecular weight is 471 g/mol. The van der Waals surface area contributed by atoms with Crippen LogP contribution in [0.4, 0.5) is 5.69 Å². The topological polar surface area (TPSA) is 38.3 Å². The number of rotatable bonds is 7. The number of amides is 1. The summed E-state index contributed by atoms with van der Waals surface area (Å²) in [6.45, 7) is 2.70. The Balaban J connectivity index is 1.48. The van der Waals surface area contributed by atoms with E-state index in [9.17, 15) is 4.79 Å². The van der Waals surface area contributed by atoms with Gasteiger partial charge in [-0.1, -0.05) is 36.4 Å². The maximum atomic E-state index is 12.4. The number of ether oxygens (including phenoxy) is 1. The van der Waals surface area contributed by atoms with Gasteiger partial charge in [0.15, 0.2) is 0 Å². The molecule has 3 nitrogen and oxygen atoms in total. The Morgan fingerprint density at radius 3 is 2.44 bits per heavy atom. The van der Waals surface area contributed by atoms with Gasteiger partial charge in [0.05, 0.1) is 6.61 Å². The summed E-state index contributed by atoms with van der Waals surface area (Å²) >= 11 is 2.24. The standard InChI is InChI=1S/C23H22INO2/c1-17-9-10-19(16-22(17)24)23(26)25-20-11-13-21(14-12-20)27-15-5-8-18-6-3-2-4-7-18/h2-4,6-7,9-14,16H,5,8,15H2,1H3,(H,25,26). The van der Waals surface area contributed by atoms with E-state index in [2.05, 4.69) is 52.2 Å². The zero-order valence-electron chi connectivity index (χ0n) is 15.2. The van der Waals surface area contributed by atoms with Crippen LogP contribution in [0.25, 0.3) is 0 Å². The Bertz CT molecular complexity index is 892. The lowest BCUT2D eigenvalue weighted by Crippen LogP contribution is -2.12. The van der Waals surface area contributed by atoms with Gasteiger partial charge in [-0.3, -0.25) is 4.79 Å². The van der Waals surface area contributed by atoms with Crippen LogP contribution in [0.3, 0.4) is 0 Å². The normalized spacial score (nSPS) is 10.4. The molecule has 0 unspecified atom stereocenters. The SMILES string of the molecule is Cc1ccc(C(=O)Nc2ccc(OCCCc3ccccc3)cc2)cc1I. The molecule has 0 saturated heterocycles. The van der Waals surface area contributed by atoms with Crippen LogP contribution in [0.15, 0.2) is 72.8 Å². The van der Waals surface area contributed by atoms with Gasteiger partial charge < -0.3 is 10.1 Å². The molecule has 0 aromatic heterocycles. The quantitative estimate of drug-likeness (QED) is 0.346.